The van der Waals surface area contributed by atoms with Crippen molar-refractivity contribution >= 4 is 17.5 Å². The number of carbonyl (C=O) groups excluding carboxylic acids is 1. The van der Waals surface area contributed by atoms with Crippen molar-refractivity contribution in [2.75, 3.05) is 11.5 Å². The first-order chi connectivity index (χ1) is 6.86. The van der Waals surface area contributed by atoms with Crippen LogP contribution in [0, 0.1) is 5.92 Å². The fraction of sp³-hybridized carbons (Fsp3) is 0.455. The van der Waals surface area contributed by atoms with E-state index < -0.39 is 0 Å². The summed E-state index contributed by atoms with van der Waals surface area (Å²) in [6.45, 7) is 0. The highest BCUT2D eigenvalue weighted by atomic mass is 32.2. The lowest BCUT2D eigenvalue weighted by Gasteiger charge is -2.06. The van der Waals surface area contributed by atoms with Crippen molar-refractivity contribution in [2.45, 2.75) is 12.8 Å². The van der Waals surface area contributed by atoms with Crippen LogP contribution >= 0.6 is 11.8 Å². The van der Waals surface area contributed by atoms with Crippen LogP contribution in [-0.2, 0) is 11.2 Å². The van der Waals surface area contributed by atoms with Gasteiger partial charge in [-0.15, -0.1) is 0 Å². The summed E-state index contributed by atoms with van der Waals surface area (Å²) in [7, 11) is 0. The maximum atomic E-state index is 11.8. The molecule has 1 saturated heterocycles. The van der Waals surface area contributed by atoms with Gasteiger partial charge in [0.05, 0.1) is 0 Å². The Labute approximate surface area is 88.1 Å². The maximum Gasteiger partial charge on any atom is 0.141 e. The van der Waals surface area contributed by atoms with Gasteiger partial charge in [0, 0.05) is 30.5 Å². The van der Waals surface area contributed by atoms with Crippen molar-refractivity contribution in [3.05, 3.63) is 30.1 Å². The zero-order valence-electron chi connectivity index (χ0n) is 7.98. The SMILES string of the molecule is O=C(Cc1ccncc1)C1CCSC1. The molecule has 0 amide bonds. The van der Waals surface area contributed by atoms with Crippen LogP contribution in [0.3, 0.4) is 0 Å². The molecule has 1 aromatic heterocycles. The molecule has 1 atom stereocenters. The molecule has 2 heterocycles. The molecule has 2 nitrogen and oxygen atoms in total. The van der Waals surface area contributed by atoms with E-state index in [-0.39, 0.29) is 0 Å². The van der Waals surface area contributed by atoms with Gasteiger partial charge in [0.2, 0.25) is 0 Å². The summed E-state index contributed by atoms with van der Waals surface area (Å²) in [6.07, 6.45) is 5.13. The first kappa shape index (κ1) is 9.71. The van der Waals surface area contributed by atoms with Crippen molar-refractivity contribution in [2.24, 2.45) is 5.92 Å². The van der Waals surface area contributed by atoms with Crippen molar-refractivity contribution in [3.8, 4) is 0 Å². The fourth-order valence-corrected chi connectivity index (χ4v) is 2.89. The number of ketones is 1. The van der Waals surface area contributed by atoms with E-state index in [2.05, 4.69) is 4.98 Å². The molecule has 1 unspecified atom stereocenters. The smallest absolute Gasteiger partial charge is 0.141 e. The highest BCUT2D eigenvalue weighted by molar-refractivity contribution is 7.99. The molecular weight excluding hydrogens is 194 g/mol. The molecule has 1 aliphatic rings. The van der Waals surface area contributed by atoms with E-state index in [9.17, 15) is 4.79 Å². The molecule has 74 valence electrons. The second-order valence-corrected chi connectivity index (χ2v) is 4.71. The Balaban J connectivity index is 1.94. The molecule has 3 heteroatoms. The lowest BCUT2D eigenvalue weighted by molar-refractivity contribution is -0.121. The van der Waals surface area contributed by atoms with Crippen LogP contribution < -0.4 is 0 Å². The van der Waals surface area contributed by atoms with Crippen molar-refractivity contribution < 1.29 is 4.79 Å². The molecular formula is C11H13NOS. The zero-order valence-corrected chi connectivity index (χ0v) is 8.80. The van der Waals surface area contributed by atoms with Crippen LogP contribution in [0.15, 0.2) is 24.5 Å². The topological polar surface area (TPSA) is 30.0 Å². The Hall–Kier alpha value is -0.830. The van der Waals surface area contributed by atoms with Crippen molar-refractivity contribution in [1.29, 1.82) is 0 Å². The summed E-state index contributed by atoms with van der Waals surface area (Å²) in [5.74, 6) is 2.85. The van der Waals surface area contributed by atoms with E-state index in [0.29, 0.717) is 18.1 Å². The van der Waals surface area contributed by atoms with Gasteiger partial charge in [-0.3, -0.25) is 9.78 Å². The summed E-state index contributed by atoms with van der Waals surface area (Å²) < 4.78 is 0. The Kier molecular flexibility index (Phi) is 3.19. The van der Waals surface area contributed by atoms with Crippen LogP contribution in [0.4, 0.5) is 0 Å². The fourth-order valence-electron chi connectivity index (χ4n) is 1.63. The van der Waals surface area contributed by atoms with Gasteiger partial charge in [-0.05, 0) is 29.9 Å². The van der Waals surface area contributed by atoms with E-state index in [1.807, 2.05) is 23.9 Å². The molecule has 0 aliphatic carbocycles. The quantitative estimate of drug-likeness (QED) is 0.758. The molecule has 1 aliphatic heterocycles. The summed E-state index contributed by atoms with van der Waals surface area (Å²) in [4.78, 5) is 15.7. The molecule has 2 rings (SSSR count). The number of carbonyl (C=O) groups is 1. The molecule has 14 heavy (non-hydrogen) atoms. The second kappa shape index (κ2) is 4.60. The van der Waals surface area contributed by atoms with E-state index in [4.69, 9.17) is 0 Å². The number of aromatic nitrogens is 1. The average molecular weight is 207 g/mol. The Morgan fingerprint density at radius 3 is 2.93 bits per heavy atom. The summed E-state index contributed by atoms with van der Waals surface area (Å²) >= 11 is 1.89. The largest absolute Gasteiger partial charge is 0.299 e. The normalized spacial score (nSPS) is 21.0. The molecule has 0 radical (unpaired) electrons. The van der Waals surface area contributed by atoms with Crippen molar-refractivity contribution in [1.82, 2.24) is 4.98 Å². The lowest BCUT2D eigenvalue weighted by Crippen LogP contribution is -2.15. The van der Waals surface area contributed by atoms with Gasteiger partial charge in [-0.1, -0.05) is 0 Å². The van der Waals surface area contributed by atoms with Gasteiger partial charge in [0.25, 0.3) is 0 Å². The molecule has 1 aromatic rings. The molecule has 0 saturated carbocycles. The number of hydrogen-bond donors (Lipinski definition) is 0. The number of thioether (sulfide) groups is 1. The van der Waals surface area contributed by atoms with E-state index >= 15 is 0 Å². The van der Waals surface area contributed by atoms with Crippen LogP contribution in [-0.4, -0.2) is 22.3 Å². The number of pyridine rings is 1. The molecule has 0 bridgehead atoms. The Bertz CT molecular complexity index is 306. The molecule has 0 spiro atoms. The van der Waals surface area contributed by atoms with Crippen LogP contribution in [0.5, 0.6) is 0 Å². The van der Waals surface area contributed by atoms with E-state index in [1.54, 1.807) is 12.4 Å². The van der Waals surface area contributed by atoms with Gasteiger partial charge in [0.1, 0.15) is 5.78 Å². The standard InChI is InChI=1S/C11H13NOS/c13-11(10-3-6-14-8-10)7-9-1-4-12-5-2-9/h1-2,4-5,10H,3,6-8H2. The summed E-state index contributed by atoms with van der Waals surface area (Å²) in [5.41, 5.74) is 1.09. The number of nitrogens with zero attached hydrogens (tertiary/aromatic N) is 1. The minimum Gasteiger partial charge on any atom is -0.299 e. The first-order valence-electron chi connectivity index (χ1n) is 4.85. The third kappa shape index (κ3) is 2.35. The van der Waals surface area contributed by atoms with Gasteiger partial charge in [-0.2, -0.15) is 11.8 Å². The Morgan fingerprint density at radius 1 is 1.50 bits per heavy atom. The highest BCUT2D eigenvalue weighted by Gasteiger charge is 2.22. The second-order valence-electron chi connectivity index (χ2n) is 3.56. The van der Waals surface area contributed by atoms with E-state index in [1.165, 1.54) is 0 Å². The Morgan fingerprint density at radius 2 is 2.29 bits per heavy atom. The predicted octanol–water partition coefficient (Wildman–Crippen LogP) is 1.95. The summed E-state index contributed by atoms with van der Waals surface area (Å²) in [5, 5.41) is 0. The van der Waals surface area contributed by atoms with E-state index in [0.717, 1.165) is 23.5 Å². The molecule has 0 N–H and O–H groups in total. The van der Waals surface area contributed by atoms with Crippen LogP contribution in [0.1, 0.15) is 12.0 Å². The average Bonchev–Trinajstić information content (AvgIpc) is 2.72. The predicted molar refractivity (Wildman–Crippen MR) is 58.4 cm³/mol. The van der Waals surface area contributed by atoms with Gasteiger partial charge >= 0.3 is 0 Å². The van der Waals surface area contributed by atoms with Crippen LogP contribution in [0.2, 0.25) is 0 Å². The number of hydrogen-bond acceptors (Lipinski definition) is 3. The molecule has 1 fully saturated rings. The molecule has 0 aromatic carbocycles. The lowest BCUT2D eigenvalue weighted by atomic mass is 9.98. The van der Waals surface area contributed by atoms with Gasteiger partial charge in [0.15, 0.2) is 0 Å². The van der Waals surface area contributed by atoms with Gasteiger partial charge in [-0.25, -0.2) is 0 Å². The summed E-state index contributed by atoms with van der Waals surface area (Å²) in [6, 6.07) is 3.83. The highest BCUT2D eigenvalue weighted by Crippen LogP contribution is 2.25. The van der Waals surface area contributed by atoms with Crippen LogP contribution in [0.25, 0.3) is 0 Å². The zero-order chi connectivity index (χ0) is 9.80. The third-order valence-electron chi connectivity index (χ3n) is 2.51. The number of Topliss-reactive ketones (excluding diaryl/α,β-unsaturated/α-hetero) is 1. The third-order valence-corrected chi connectivity index (χ3v) is 3.68. The number of rotatable bonds is 3. The minimum absolute atomic E-state index is 0.299. The van der Waals surface area contributed by atoms with Gasteiger partial charge < -0.3 is 0 Å². The van der Waals surface area contributed by atoms with Crippen molar-refractivity contribution in [3.63, 3.8) is 0 Å². The monoisotopic (exact) mass is 207 g/mol. The maximum absolute atomic E-state index is 11.8. The minimum atomic E-state index is 0.299. The first-order valence-corrected chi connectivity index (χ1v) is 6.01.